The second-order valence-corrected chi connectivity index (χ2v) is 8.22. The van der Waals surface area contributed by atoms with Crippen molar-refractivity contribution in [1.29, 1.82) is 0 Å². The summed E-state index contributed by atoms with van der Waals surface area (Å²) in [5.41, 5.74) is 2.29. The number of nitrogens with zero attached hydrogens (tertiary/aromatic N) is 1. The molecule has 1 unspecified atom stereocenters. The number of hydrogen-bond donors (Lipinski definition) is 2. The summed E-state index contributed by atoms with van der Waals surface area (Å²) in [5, 5.41) is 5.97. The number of carbonyl (C=O) groups excluding carboxylic acids is 2. The zero-order chi connectivity index (χ0) is 22.2. The lowest BCUT2D eigenvalue weighted by Gasteiger charge is -2.31. The number of rotatable bonds is 8. The van der Waals surface area contributed by atoms with Gasteiger partial charge in [-0.25, -0.2) is 0 Å². The minimum Gasteiger partial charge on any atom is -0.497 e. The van der Waals surface area contributed by atoms with Crippen LogP contribution < -0.4 is 15.4 Å². The van der Waals surface area contributed by atoms with Crippen LogP contribution in [-0.2, 0) is 11.3 Å². The van der Waals surface area contributed by atoms with Crippen molar-refractivity contribution in [2.45, 2.75) is 45.7 Å². The Morgan fingerprint density at radius 1 is 1.13 bits per heavy atom. The molecule has 0 spiro atoms. The molecule has 3 rings (SSSR count). The van der Waals surface area contributed by atoms with E-state index >= 15 is 0 Å². The first-order valence-electron chi connectivity index (χ1n) is 11.1. The lowest BCUT2D eigenvalue weighted by Crippen LogP contribution is -2.38. The number of ether oxygens (including phenoxy) is 1. The maximum atomic E-state index is 12.9. The van der Waals surface area contributed by atoms with Gasteiger partial charge in [0.05, 0.1) is 18.4 Å². The van der Waals surface area contributed by atoms with Gasteiger partial charge in [-0.2, -0.15) is 0 Å². The first-order chi connectivity index (χ1) is 15.0. The van der Waals surface area contributed by atoms with Gasteiger partial charge in [0.15, 0.2) is 0 Å². The van der Waals surface area contributed by atoms with E-state index in [0.29, 0.717) is 11.3 Å². The third-order valence-corrected chi connectivity index (χ3v) is 5.92. The van der Waals surface area contributed by atoms with Gasteiger partial charge in [-0.1, -0.05) is 31.2 Å². The molecule has 1 aliphatic rings. The van der Waals surface area contributed by atoms with E-state index in [0.717, 1.165) is 44.6 Å². The van der Waals surface area contributed by atoms with Gasteiger partial charge in [-0.15, -0.1) is 0 Å². The van der Waals surface area contributed by atoms with Crippen molar-refractivity contribution in [3.05, 3.63) is 59.7 Å². The maximum absolute atomic E-state index is 12.9. The SMILES string of the molecule is CCC(C)NC(=O)c1ccccc1NC(=O)C1CCN(Cc2cccc(OC)c2)CC1. The van der Waals surface area contributed by atoms with E-state index in [1.54, 1.807) is 19.2 Å². The van der Waals surface area contributed by atoms with E-state index in [9.17, 15) is 9.59 Å². The van der Waals surface area contributed by atoms with Gasteiger partial charge in [0.2, 0.25) is 5.91 Å². The van der Waals surface area contributed by atoms with Crippen molar-refractivity contribution in [2.75, 3.05) is 25.5 Å². The fraction of sp³-hybridized carbons (Fsp3) is 0.440. The van der Waals surface area contributed by atoms with Crippen LogP contribution in [0.3, 0.4) is 0 Å². The van der Waals surface area contributed by atoms with Crippen molar-refractivity contribution >= 4 is 17.5 Å². The molecule has 0 saturated carbocycles. The van der Waals surface area contributed by atoms with E-state index in [1.807, 2.05) is 38.1 Å². The van der Waals surface area contributed by atoms with E-state index in [-0.39, 0.29) is 23.8 Å². The Bertz CT molecular complexity index is 891. The topological polar surface area (TPSA) is 70.7 Å². The summed E-state index contributed by atoms with van der Waals surface area (Å²) in [6.45, 7) is 6.58. The number of carbonyl (C=O) groups is 2. The second-order valence-electron chi connectivity index (χ2n) is 8.22. The number of likely N-dealkylation sites (tertiary alicyclic amines) is 1. The number of para-hydroxylation sites is 1. The zero-order valence-electron chi connectivity index (χ0n) is 18.7. The lowest BCUT2D eigenvalue weighted by molar-refractivity contribution is -0.121. The smallest absolute Gasteiger partial charge is 0.253 e. The largest absolute Gasteiger partial charge is 0.497 e. The number of amides is 2. The summed E-state index contributed by atoms with van der Waals surface area (Å²) >= 11 is 0. The van der Waals surface area contributed by atoms with Crippen molar-refractivity contribution in [3.8, 4) is 5.75 Å². The predicted molar refractivity (Wildman–Crippen MR) is 123 cm³/mol. The number of piperidine rings is 1. The summed E-state index contributed by atoms with van der Waals surface area (Å²) in [7, 11) is 1.68. The molecule has 1 saturated heterocycles. The van der Waals surface area contributed by atoms with Crippen LogP contribution in [0.15, 0.2) is 48.5 Å². The van der Waals surface area contributed by atoms with Crippen LogP contribution >= 0.6 is 0 Å². The molecule has 2 aromatic rings. The molecular formula is C25H33N3O3. The summed E-state index contributed by atoms with van der Waals surface area (Å²) in [6.07, 6.45) is 2.46. The van der Waals surface area contributed by atoms with E-state index in [2.05, 4.69) is 27.7 Å². The Labute approximate surface area is 185 Å². The van der Waals surface area contributed by atoms with Crippen LogP contribution in [-0.4, -0.2) is 43.0 Å². The van der Waals surface area contributed by atoms with E-state index in [1.165, 1.54) is 5.56 Å². The third kappa shape index (κ3) is 6.31. The monoisotopic (exact) mass is 423 g/mol. The first kappa shape index (κ1) is 22.8. The molecule has 0 aromatic heterocycles. The molecule has 6 nitrogen and oxygen atoms in total. The first-order valence-corrected chi connectivity index (χ1v) is 11.1. The minimum atomic E-state index is -0.154. The standard InChI is InChI=1S/C25H33N3O3/c1-4-18(2)26-25(30)22-10-5-6-11-23(22)27-24(29)20-12-14-28(15-13-20)17-19-8-7-9-21(16-19)31-3/h5-11,16,18,20H,4,12-15,17H2,1-3H3,(H,26,30)(H,27,29). The number of benzene rings is 2. The number of methoxy groups -OCH3 is 1. The molecule has 31 heavy (non-hydrogen) atoms. The van der Waals surface area contributed by atoms with E-state index in [4.69, 9.17) is 4.74 Å². The molecule has 0 bridgehead atoms. The summed E-state index contributed by atoms with van der Waals surface area (Å²) < 4.78 is 5.30. The Balaban J connectivity index is 1.55. The maximum Gasteiger partial charge on any atom is 0.253 e. The molecule has 2 amide bonds. The molecule has 6 heteroatoms. The van der Waals surface area contributed by atoms with Gasteiger partial charge in [0, 0.05) is 18.5 Å². The van der Waals surface area contributed by atoms with Crippen molar-refractivity contribution in [1.82, 2.24) is 10.2 Å². The highest BCUT2D eigenvalue weighted by Crippen LogP contribution is 2.23. The Morgan fingerprint density at radius 3 is 2.58 bits per heavy atom. The van der Waals surface area contributed by atoms with E-state index < -0.39 is 0 Å². The molecule has 1 atom stereocenters. The number of hydrogen-bond acceptors (Lipinski definition) is 4. The average Bonchev–Trinajstić information content (AvgIpc) is 2.79. The van der Waals surface area contributed by atoms with Gasteiger partial charge in [-0.05, 0) is 69.1 Å². The van der Waals surface area contributed by atoms with Crippen LogP contribution in [0.25, 0.3) is 0 Å². The number of anilines is 1. The van der Waals surface area contributed by atoms with Crippen LogP contribution in [0.4, 0.5) is 5.69 Å². The fourth-order valence-electron chi connectivity index (χ4n) is 3.81. The molecule has 1 aliphatic heterocycles. The van der Waals surface area contributed by atoms with Gasteiger partial charge >= 0.3 is 0 Å². The molecule has 1 heterocycles. The van der Waals surface area contributed by atoms with Gasteiger partial charge in [0.25, 0.3) is 5.91 Å². The van der Waals surface area contributed by atoms with Gasteiger partial charge in [0.1, 0.15) is 5.75 Å². The fourth-order valence-corrected chi connectivity index (χ4v) is 3.81. The summed E-state index contributed by atoms with van der Waals surface area (Å²) in [5.74, 6) is 0.651. The Hall–Kier alpha value is -2.86. The van der Waals surface area contributed by atoms with Crippen LogP contribution in [0, 0.1) is 5.92 Å². The van der Waals surface area contributed by atoms with Crippen molar-refractivity contribution in [2.24, 2.45) is 5.92 Å². The lowest BCUT2D eigenvalue weighted by atomic mass is 9.95. The molecule has 166 valence electrons. The third-order valence-electron chi connectivity index (χ3n) is 5.92. The Morgan fingerprint density at radius 2 is 1.87 bits per heavy atom. The van der Waals surface area contributed by atoms with Crippen LogP contribution in [0.5, 0.6) is 5.75 Å². The zero-order valence-corrected chi connectivity index (χ0v) is 18.7. The normalized spacial score (nSPS) is 15.8. The highest BCUT2D eigenvalue weighted by molar-refractivity contribution is 6.04. The average molecular weight is 424 g/mol. The van der Waals surface area contributed by atoms with Gasteiger partial charge < -0.3 is 15.4 Å². The highest BCUT2D eigenvalue weighted by atomic mass is 16.5. The summed E-state index contributed by atoms with van der Waals surface area (Å²) in [6, 6.07) is 15.4. The van der Waals surface area contributed by atoms with Crippen molar-refractivity contribution in [3.63, 3.8) is 0 Å². The summed E-state index contributed by atoms with van der Waals surface area (Å²) in [4.78, 5) is 27.8. The van der Waals surface area contributed by atoms with Crippen LogP contribution in [0.1, 0.15) is 49.0 Å². The molecule has 1 fully saturated rings. The Kier molecular flexibility index (Phi) is 8.06. The quantitative estimate of drug-likeness (QED) is 0.671. The molecule has 2 aromatic carbocycles. The molecule has 0 radical (unpaired) electrons. The molecule has 0 aliphatic carbocycles. The molecule has 2 N–H and O–H groups in total. The second kappa shape index (κ2) is 11.0. The minimum absolute atomic E-state index is 0.00943. The molecular weight excluding hydrogens is 390 g/mol. The predicted octanol–water partition coefficient (Wildman–Crippen LogP) is 4.07. The van der Waals surface area contributed by atoms with Crippen molar-refractivity contribution < 1.29 is 14.3 Å². The number of nitrogens with one attached hydrogen (secondary N) is 2. The highest BCUT2D eigenvalue weighted by Gasteiger charge is 2.26. The van der Waals surface area contributed by atoms with Gasteiger partial charge in [-0.3, -0.25) is 14.5 Å². The van der Waals surface area contributed by atoms with Crippen LogP contribution in [0.2, 0.25) is 0 Å².